The zero-order valence-corrected chi connectivity index (χ0v) is 10.1. The molecule has 0 aliphatic heterocycles. The zero-order chi connectivity index (χ0) is 13.9. The van der Waals surface area contributed by atoms with Crippen LogP contribution in [0, 0.1) is 0 Å². The van der Waals surface area contributed by atoms with E-state index in [0.717, 1.165) is 12.1 Å². The molecule has 0 bridgehead atoms. The maximum Gasteiger partial charge on any atom is 0.416 e. The van der Waals surface area contributed by atoms with Gasteiger partial charge in [0.2, 0.25) is 0 Å². The number of ether oxygens (including phenoxy) is 2. The fraction of sp³-hybridized carbons (Fsp3) is 0.143. The summed E-state index contributed by atoms with van der Waals surface area (Å²) in [7, 11) is 1.53. The predicted molar refractivity (Wildman–Crippen MR) is 64.5 cm³/mol. The Morgan fingerprint density at radius 3 is 2.05 bits per heavy atom. The van der Waals surface area contributed by atoms with E-state index in [0.29, 0.717) is 11.5 Å². The first-order chi connectivity index (χ1) is 8.99. The molecule has 0 spiro atoms. The molecule has 0 aliphatic rings. The van der Waals surface area contributed by atoms with Crippen molar-refractivity contribution in [1.29, 1.82) is 0 Å². The molecule has 0 fully saturated rings. The Hall–Kier alpha value is -2.17. The third-order valence-corrected chi connectivity index (χ3v) is 2.46. The second-order valence-corrected chi connectivity index (χ2v) is 3.80. The highest BCUT2D eigenvalue weighted by Crippen LogP contribution is 2.32. The van der Waals surface area contributed by atoms with E-state index in [1.54, 1.807) is 24.3 Å². The highest BCUT2D eigenvalue weighted by Gasteiger charge is 2.30. The third kappa shape index (κ3) is 3.40. The Balaban J connectivity index is 2.18. The van der Waals surface area contributed by atoms with E-state index in [1.165, 1.54) is 19.2 Å². The summed E-state index contributed by atoms with van der Waals surface area (Å²) in [6, 6.07) is 11.3. The van der Waals surface area contributed by atoms with Crippen LogP contribution >= 0.6 is 0 Å². The van der Waals surface area contributed by atoms with Crippen LogP contribution in [0.25, 0.3) is 0 Å². The molecule has 2 aromatic rings. The Morgan fingerprint density at radius 1 is 0.842 bits per heavy atom. The molecule has 0 saturated carbocycles. The monoisotopic (exact) mass is 268 g/mol. The van der Waals surface area contributed by atoms with Gasteiger partial charge < -0.3 is 9.47 Å². The maximum absolute atomic E-state index is 12.5. The van der Waals surface area contributed by atoms with Gasteiger partial charge in [0.15, 0.2) is 0 Å². The van der Waals surface area contributed by atoms with E-state index in [-0.39, 0.29) is 5.75 Å². The smallest absolute Gasteiger partial charge is 0.416 e. The summed E-state index contributed by atoms with van der Waals surface area (Å²) >= 11 is 0. The van der Waals surface area contributed by atoms with Crippen molar-refractivity contribution in [3.63, 3.8) is 0 Å². The van der Waals surface area contributed by atoms with E-state index >= 15 is 0 Å². The van der Waals surface area contributed by atoms with Gasteiger partial charge in [0.25, 0.3) is 0 Å². The van der Waals surface area contributed by atoms with Gasteiger partial charge in [0, 0.05) is 0 Å². The van der Waals surface area contributed by atoms with Crippen LogP contribution in [0.2, 0.25) is 0 Å². The van der Waals surface area contributed by atoms with Gasteiger partial charge in [0.05, 0.1) is 12.7 Å². The Kier molecular flexibility index (Phi) is 3.64. The first-order valence-electron chi connectivity index (χ1n) is 5.48. The van der Waals surface area contributed by atoms with Crippen molar-refractivity contribution < 1.29 is 22.6 Å². The van der Waals surface area contributed by atoms with Crippen LogP contribution in [-0.4, -0.2) is 7.11 Å². The minimum absolute atomic E-state index is 0.139. The van der Waals surface area contributed by atoms with Gasteiger partial charge in [-0.15, -0.1) is 0 Å². The number of halogens is 3. The number of rotatable bonds is 3. The lowest BCUT2D eigenvalue weighted by Gasteiger charge is -2.10. The molecule has 0 atom stereocenters. The minimum Gasteiger partial charge on any atom is -0.497 e. The first kappa shape index (κ1) is 13.3. The van der Waals surface area contributed by atoms with Crippen molar-refractivity contribution >= 4 is 0 Å². The van der Waals surface area contributed by atoms with Gasteiger partial charge in [-0.2, -0.15) is 13.2 Å². The van der Waals surface area contributed by atoms with E-state index in [2.05, 4.69) is 0 Å². The molecular formula is C14H11F3O2. The number of methoxy groups -OCH3 is 1. The van der Waals surface area contributed by atoms with Crippen molar-refractivity contribution in [2.45, 2.75) is 6.18 Å². The summed E-state index contributed by atoms with van der Waals surface area (Å²) in [6.45, 7) is 0. The Labute approximate surface area is 108 Å². The van der Waals surface area contributed by atoms with Crippen LogP contribution in [0.3, 0.4) is 0 Å². The molecule has 0 aromatic heterocycles. The fourth-order valence-electron chi connectivity index (χ4n) is 1.52. The third-order valence-electron chi connectivity index (χ3n) is 2.46. The molecule has 0 saturated heterocycles. The fourth-order valence-corrected chi connectivity index (χ4v) is 1.52. The lowest BCUT2D eigenvalue weighted by molar-refractivity contribution is -0.137. The number of alkyl halides is 3. The molecule has 2 nitrogen and oxygen atoms in total. The van der Waals surface area contributed by atoms with E-state index < -0.39 is 11.7 Å². The highest BCUT2D eigenvalue weighted by atomic mass is 19.4. The van der Waals surface area contributed by atoms with Gasteiger partial charge in [-0.3, -0.25) is 0 Å². The SMILES string of the molecule is COc1ccc(Oc2cccc(C(F)(F)F)c2)cc1. The van der Waals surface area contributed by atoms with Gasteiger partial charge in [-0.1, -0.05) is 6.07 Å². The van der Waals surface area contributed by atoms with Crippen LogP contribution in [-0.2, 0) is 6.18 Å². The van der Waals surface area contributed by atoms with Crippen LogP contribution in [0.4, 0.5) is 13.2 Å². The number of benzene rings is 2. The summed E-state index contributed by atoms with van der Waals surface area (Å²) in [4.78, 5) is 0. The van der Waals surface area contributed by atoms with Crippen molar-refractivity contribution in [3.8, 4) is 17.2 Å². The summed E-state index contributed by atoms with van der Waals surface area (Å²) in [5.74, 6) is 1.23. The van der Waals surface area contributed by atoms with Crippen molar-refractivity contribution in [2.75, 3.05) is 7.11 Å². The summed E-state index contributed by atoms with van der Waals surface area (Å²) in [5.41, 5.74) is -0.737. The quantitative estimate of drug-likeness (QED) is 0.815. The minimum atomic E-state index is -4.38. The lowest BCUT2D eigenvalue weighted by Crippen LogP contribution is -2.04. The molecule has 0 N–H and O–H groups in total. The number of hydrogen-bond donors (Lipinski definition) is 0. The summed E-state index contributed by atoms with van der Waals surface area (Å²) in [6.07, 6.45) is -4.38. The molecule has 0 radical (unpaired) electrons. The molecule has 2 rings (SSSR count). The predicted octanol–water partition coefficient (Wildman–Crippen LogP) is 4.51. The molecular weight excluding hydrogens is 257 g/mol. The Bertz CT molecular complexity index is 547. The molecule has 0 heterocycles. The molecule has 19 heavy (non-hydrogen) atoms. The summed E-state index contributed by atoms with van der Waals surface area (Å²) < 4.78 is 47.9. The summed E-state index contributed by atoms with van der Waals surface area (Å²) in [5, 5.41) is 0. The number of hydrogen-bond acceptors (Lipinski definition) is 2. The zero-order valence-electron chi connectivity index (χ0n) is 10.1. The van der Waals surface area contributed by atoms with E-state index in [9.17, 15) is 13.2 Å². The van der Waals surface area contributed by atoms with E-state index in [4.69, 9.17) is 9.47 Å². The van der Waals surface area contributed by atoms with Gasteiger partial charge >= 0.3 is 6.18 Å². The van der Waals surface area contributed by atoms with Crippen molar-refractivity contribution in [2.24, 2.45) is 0 Å². The average molecular weight is 268 g/mol. The maximum atomic E-state index is 12.5. The van der Waals surface area contributed by atoms with Crippen LogP contribution in [0.1, 0.15) is 5.56 Å². The van der Waals surface area contributed by atoms with Crippen molar-refractivity contribution in [1.82, 2.24) is 0 Å². The largest absolute Gasteiger partial charge is 0.497 e. The van der Waals surface area contributed by atoms with Gasteiger partial charge in [0.1, 0.15) is 17.2 Å². The topological polar surface area (TPSA) is 18.5 Å². The molecule has 100 valence electrons. The molecule has 0 unspecified atom stereocenters. The second-order valence-electron chi connectivity index (χ2n) is 3.80. The second kappa shape index (κ2) is 5.22. The normalized spacial score (nSPS) is 11.2. The standard InChI is InChI=1S/C14H11F3O2/c1-18-11-5-7-12(8-6-11)19-13-4-2-3-10(9-13)14(15,16)17/h2-9H,1H3. The van der Waals surface area contributed by atoms with Crippen LogP contribution in [0.5, 0.6) is 17.2 Å². The van der Waals surface area contributed by atoms with Gasteiger partial charge in [-0.05, 0) is 42.5 Å². The van der Waals surface area contributed by atoms with Gasteiger partial charge in [-0.25, -0.2) is 0 Å². The Morgan fingerprint density at radius 2 is 1.47 bits per heavy atom. The first-order valence-corrected chi connectivity index (χ1v) is 5.48. The lowest BCUT2D eigenvalue weighted by atomic mass is 10.2. The van der Waals surface area contributed by atoms with E-state index in [1.807, 2.05) is 0 Å². The highest BCUT2D eigenvalue weighted by molar-refractivity contribution is 5.37. The molecule has 0 amide bonds. The molecule has 0 aliphatic carbocycles. The van der Waals surface area contributed by atoms with Crippen LogP contribution in [0.15, 0.2) is 48.5 Å². The van der Waals surface area contributed by atoms with Crippen molar-refractivity contribution in [3.05, 3.63) is 54.1 Å². The molecule has 2 aromatic carbocycles. The molecule has 5 heteroatoms. The van der Waals surface area contributed by atoms with Crippen LogP contribution < -0.4 is 9.47 Å². The average Bonchev–Trinajstić information content (AvgIpc) is 2.39.